The second-order valence-corrected chi connectivity index (χ2v) is 4.57. The van der Waals surface area contributed by atoms with Crippen molar-refractivity contribution in [3.8, 4) is 0 Å². The molecule has 0 aliphatic heterocycles. The number of aromatic nitrogens is 2. The first-order valence-corrected chi connectivity index (χ1v) is 6.61. The highest BCUT2D eigenvalue weighted by Gasteiger charge is 2.08. The lowest BCUT2D eigenvalue weighted by molar-refractivity contribution is 0.282. The summed E-state index contributed by atoms with van der Waals surface area (Å²) >= 11 is 0. The monoisotopic (exact) mass is 247 g/mol. The molecule has 0 fully saturated rings. The van der Waals surface area contributed by atoms with Gasteiger partial charge in [-0.1, -0.05) is 6.92 Å². The van der Waals surface area contributed by atoms with Gasteiger partial charge in [-0.2, -0.15) is 0 Å². The molecule has 2 rings (SSSR count). The van der Waals surface area contributed by atoms with Gasteiger partial charge in [0.2, 0.25) is 0 Å². The Morgan fingerprint density at radius 1 is 1.28 bits per heavy atom. The van der Waals surface area contributed by atoms with Crippen LogP contribution in [0.3, 0.4) is 0 Å². The molecule has 0 spiro atoms. The Morgan fingerprint density at radius 3 is 2.83 bits per heavy atom. The first-order valence-electron chi connectivity index (χ1n) is 6.61. The smallest absolute Gasteiger partial charge is 0.109 e. The molecule has 4 heteroatoms. The zero-order valence-corrected chi connectivity index (χ0v) is 10.9. The topological polar surface area (TPSA) is 64.1 Å². The number of anilines is 1. The average Bonchev–Trinajstić information content (AvgIpc) is 2.71. The maximum absolute atomic E-state index is 8.79. The fourth-order valence-electron chi connectivity index (χ4n) is 2.27. The second kappa shape index (κ2) is 5.87. The van der Waals surface area contributed by atoms with Gasteiger partial charge in [0.25, 0.3) is 0 Å². The molecule has 2 aromatic rings. The summed E-state index contributed by atoms with van der Waals surface area (Å²) in [4.78, 5) is 4.62. The number of benzene rings is 1. The minimum absolute atomic E-state index is 0.280. The van der Waals surface area contributed by atoms with Gasteiger partial charge in [-0.3, -0.25) is 0 Å². The Bertz CT molecular complexity index is 519. The van der Waals surface area contributed by atoms with Crippen molar-refractivity contribution in [3.05, 3.63) is 24.0 Å². The van der Waals surface area contributed by atoms with Gasteiger partial charge in [0.15, 0.2) is 0 Å². The Kier molecular flexibility index (Phi) is 4.20. The van der Waals surface area contributed by atoms with E-state index in [4.69, 9.17) is 10.8 Å². The Balaban J connectivity index is 2.23. The number of aryl methyl sites for hydroxylation is 2. The Hall–Kier alpha value is -1.55. The van der Waals surface area contributed by atoms with Crippen molar-refractivity contribution in [2.75, 3.05) is 12.3 Å². The van der Waals surface area contributed by atoms with Crippen molar-refractivity contribution < 1.29 is 5.11 Å². The van der Waals surface area contributed by atoms with Crippen LogP contribution in [0, 0.1) is 0 Å². The molecule has 0 aliphatic rings. The quantitative estimate of drug-likeness (QED) is 0.608. The van der Waals surface area contributed by atoms with E-state index in [1.54, 1.807) is 0 Å². The van der Waals surface area contributed by atoms with Crippen LogP contribution in [0.1, 0.15) is 32.0 Å². The minimum atomic E-state index is 0.280. The first kappa shape index (κ1) is 12.9. The number of hydrogen-bond donors (Lipinski definition) is 2. The van der Waals surface area contributed by atoms with Gasteiger partial charge in [0.1, 0.15) is 5.82 Å². The Morgan fingerprint density at radius 2 is 2.11 bits per heavy atom. The maximum atomic E-state index is 8.79. The van der Waals surface area contributed by atoms with Gasteiger partial charge in [-0.25, -0.2) is 4.98 Å². The molecular formula is C14H21N3O. The predicted octanol–water partition coefficient (Wildman–Crippen LogP) is 2.34. The first-order chi connectivity index (χ1) is 8.76. The van der Waals surface area contributed by atoms with Crippen LogP contribution in [0.5, 0.6) is 0 Å². The fourth-order valence-corrected chi connectivity index (χ4v) is 2.27. The fraction of sp³-hybridized carbons (Fsp3) is 0.500. The SMILES string of the molecule is CCc1nc2cc(N)ccc2n1CCCCCO. The third kappa shape index (κ3) is 2.64. The summed E-state index contributed by atoms with van der Waals surface area (Å²) in [7, 11) is 0. The van der Waals surface area contributed by atoms with Crippen LogP contribution >= 0.6 is 0 Å². The Labute approximate surface area is 107 Å². The number of fused-ring (bicyclic) bond motifs is 1. The van der Waals surface area contributed by atoms with Crippen LogP contribution in [0.4, 0.5) is 5.69 Å². The van der Waals surface area contributed by atoms with Gasteiger partial charge in [0.05, 0.1) is 11.0 Å². The molecule has 1 aromatic heterocycles. The summed E-state index contributed by atoms with van der Waals surface area (Å²) < 4.78 is 2.27. The van der Waals surface area contributed by atoms with Gasteiger partial charge >= 0.3 is 0 Å². The third-order valence-electron chi connectivity index (χ3n) is 3.21. The summed E-state index contributed by atoms with van der Waals surface area (Å²) in [6, 6.07) is 5.90. The molecule has 0 saturated heterocycles. The molecule has 0 saturated carbocycles. The highest BCUT2D eigenvalue weighted by Crippen LogP contribution is 2.20. The van der Waals surface area contributed by atoms with Crippen LogP contribution in [0.2, 0.25) is 0 Å². The number of nitrogens with zero attached hydrogens (tertiary/aromatic N) is 2. The molecule has 0 radical (unpaired) electrons. The van der Waals surface area contributed by atoms with E-state index in [0.717, 1.165) is 54.8 Å². The molecule has 98 valence electrons. The molecule has 0 bridgehead atoms. The van der Waals surface area contributed by atoms with Crippen LogP contribution in [0.15, 0.2) is 18.2 Å². The van der Waals surface area contributed by atoms with Gasteiger partial charge in [-0.15, -0.1) is 0 Å². The molecular weight excluding hydrogens is 226 g/mol. The van der Waals surface area contributed by atoms with Crippen LogP contribution in [0.25, 0.3) is 11.0 Å². The lowest BCUT2D eigenvalue weighted by atomic mass is 10.2. The normalized spacial score (nSPS) is 11.2. The van der Waals surface area contributed by atoms with E-state index in [2.05, 4.69) is 16.5 Å². The summed E-state index contributed by atoms with van der Waals surface area (Å²) in [5.74, 6) is 1.11. The minimum Gasteiger partial charge on any atom is -0.399 e. The van der Waals surface area contributed by atoms with E-state index in [0.29, 0.717) is 0 Å². The molecule has 4 nitrogen and oxygen atoms in total. The van der Waals surface area contributed by atoms with Gasteiger partial charge < -0.3 is 15.4 Å². The number of unbranched alkanes of at least 4 members (excludes halogenated alkanes) is 2. The summed E-state index contributed by atoms with van der Waals surface area (Å²) in [5.41, 5.74) is 8.68. The van der Waals surface area contributed by atoms with Crippen molar-refractivity contribution in [2.24, 2.45) is 0 Å². The lowest BCUT2D eigenvalue weighted by Crippen LogP contribution is -2.03. The van der Waals surface area contributed by atoms with E-state index in [-0.39, 0.29) is 6.61 Å². The van der Waals surface area contributed by atoms with Crippen molar-refractivity contribution in [3.63, 3.8) is 0 Å². The highest BCUT2D eigenvalue weighted by molar-refractivity contribution is 5.79. The number of aliphatic hydroxyl groups excluding tert-OH is 1. The molecule has 0 atom stereocenters. The van der Waals surface area contributed by atoms with Crippen LogP contribution in [-0.2, 0) is 13.0 Å². The molecule has 0 unspecified atom stereocenters. The predicted molar refractivity (Wildman–Crippen MR) is 74.5 cm³/mol. The van der Waals surface area contributed by atoms with E-state index in [1.165, 1.54) is 0 Å². The largest absolute Gasteiger partial charge is 0.399 e. The number of nitrogen functional groups attached to an aromatic ring is 1. The zero-order valence-electron chi connectivity index (χ0n) is 10.9. The maximum Gasteiger partial charge on any atom is 0.109 e. The summed E-state index contributed by atoms with van der Waals surface area (Å²) in [6.07, 6.45) is 3.92. The van der Waals surface area contributed by atoms with Crippen molar-refractivity contribution >= 4 is 16.7 Å². The lowest BCUT2D eigenvalue weighted by Gasteiger charge is -2.07. The van der Waals surface area contributed by atoms with Crippen molar-refractivity contribution in [1.29, 1.82) is 0 Å². The molecule has 1 aromatic carbocycles. The molecule has 1 heterocycles. The van der Waals surface area contributed by atoms with E-state index in [9.17, 15) is 0 Å². The van der Waals surface area contributed by atoms with Crippen LogP contribution < -0.4 is 5.73 Å². The number of aliphatic hydroxyl groups is 1. The molecule has 3 N–H and O–H groups in total. The molecule has 18 heavy (non-hydrogen) atoms. The second-order valence-electron chi connectivity index (χ2n) is 4.57. The van der Waals surface area contributed by atoms with E-state index < -0.39 is 0 Å². The molecule has 0 amide bonds. The van der Waals surface area contributed by atoms with E-state index >= 15 is 0 Å². The van der Waals surface area contributed by atoms with E-state index in [1.807, 2.05) is 18.2 Å². The van der Waals surface area contributed by atoms with Crippen LogP contribution in [-0.4, -0.2) is 21.3 Å². The number of nitrogens with two attached hydrogens (primary N) is 1. The standard InChI is InChI=1S/C14H21N3O/c1-2-14-16-12-10-11(15)6-7-13(12)17(14)8-4-3-5-9-18/h6-7,10,18H,2-5,8-9,15H2,1H3. The number of hydrogen-bond acceptors (Lipinski definition) is 3. The zero-order chi connectivity index (χ0) is 13.0. The summed E-state index contributed by atoms with van der Waals surface area (Å²) in [6.45, 7) is 3.36. The number of imidazole rings is 1. The van der Waals surface area contributed by atoms with Gasteiger partial charge in [-0.05, 0) is 37.5 Å². The van der Waals surface area contributed by atoms with Crippen molar-refractivity contribution in [1.82, 2.24) is 9.55 Å². The summed E-state index contributed by atoms with van der Waals surface area (Å²) in [5, 5.41) is 8.79. The van der Waals surface area contributed by atoms with Crippen molar-refractivity contribution in [2.45, 2.75) is 39.2 Å². The average molecular weight is 247 g/mol. The highest BCUT2D eigenvalue weighted by atomic mass is 16.2. The molecule has 0 aliphatic carbocycles. The third-order valence-corrected chi connectivity index (χ3v) is 3.21. The number of rotatable bonds is 6. The van der Waals surface area contributed by atoms with Gasteiger partial charge in [0, 0.05) is 25.3 Å².